The van der Waals surface area contributed by atoms with Crippen molar-refractivity contribution in [1.82, 2.24) is 4.98 Å². The Labute approximate surface area is 116 Å². The molecule has 1 aromatic carbocycles. The minimum absolute atomic E-state index is 0.385. The molecule has 0 unspecified atom stereocenters. The Hall–Kier alpha value is -2.06. The molecule has 0 fully saturated rings. The number of aryl methyl sites for hydroxylation is 1. The Morgan fingerprint density at radius 1 is 1.32 bits per heavy atom. The molecule has 0 aliphatic carbocycles. The standard InChI is InChI=1S/C14H14N2O2S/c1-9-12(7-8-15)19-14(16-9)10-5-4-6-11(17-2)13(10)18-3/h4-6H,7H2,1-3H3. The summed E-state index contributed by atoms with van der Waals surface area (Å²) in [6.45, 7) is 1.92. The van der Waals surface area contributed by atoms with Gasteiger partial charge in [0, 0.05) is 4.88 Å². The predicted octanol–water partition coefficient (Wildman–Crippen LogP) is 3.20. The molecule has 0 atom stereocenters. The molecule has 1 aromatic heterocycles. The lowest BCUT2D eigenvalue weighted by Crippen LogP contribution is -1.92. The first-order chi connectivity index (χ1) is 9.21. The van der Waals surface area contributed by atoms with Gasteiger partial charge in [-0.15, -0.1) is 11.3 Å². The van der Waals surface area contributed by atoms with Crippen LogP contribution in [0.3, 0.4) is 0 Å². The van der Waals surface area contributed by atoms with Crippen LogP contribution in [0, 0.1) is 18.3 Å². The zero-order valence-electron chi connectivity index (χ0n) is 11.1. The molecule has 0 bridgehead atoms. The van der Waals surface area contributed by atoms with E-state index in [9.17, 15) is 0 Å². The summed E-state index contributed by atoms with van der Waals surface area (Å²) in [5, 5.41) is 9.64. The van der Waals surface area contributed by atoms with E-state index in [1.165, 1.54) is 11.3 Å². The van der Waals surface area contributed by atoms with Crippen LogP contribution in [-0.2, 0) is 6.42 Å². The van der Waals surface area contributed by atoms with Crippen LogP contribution >= 0.6 is 11.3 Å². The quantitative estimate of drug-likeness (QED) is 0.859. The number of ether oxygens (including phenoxy) is 2. The van der Waals surface area contributed by atoms with E-state index in [4.69, 9.17) is 14.7 Å². The molecule has 0 spiro atoms. The van der Waals surface area contributed by atoms with Crippen molar-refractivity contribution in [2.75, 3.05) is 14.2 Å². The predicted molar refractivity (Wildman–Crippen MR) is 74.7 cm³/mol. The maximum atomic E-state index is 8.79. The summed E-state index contributed by atoms with van der Waals surface area (Å²) in [5.41, 5.74) is 1.78. The van der Waals surface area contributed by atoms with Gasteiger partial charge in [0.2, 0.25) is 0 Å². The summed E-state index contributed by atoms with van der Waals surface area (Å²) in [4.78, 5) is 5.50. The molecule has 2 aromatic rings. The number of aromatic nitrogens is 1. The van der Waals surface area contributed by atoms with Crippen molar-refractivity contribution in [3.8, 4) is 28.1 Å². The summed E-state index contributed by atoms with van der Waals surface area (Å²) in [6, 6.07) is 7.84. The maximum Gasteiger partial charge on any atom is 0.170 e. The molecule has 0 N–H and O–H groups in total. The van der Waals surface area contributed by atoms with Gasteiger partial charge < -0.3 is 9.47 Å². The molecule has 0 aliphatic rings. The van der Waals surface area contributed by atoms with Crippen LogP contribution in [0.4, 0.5) is 0 Å². The highest BCUT2D eigenvalue weighted by atomic mass is 32.1. The Morgan fingerprint density at radius 2 is 2.11 bits per heavy atom. The van der Waals surface area contributed by atoms with Crippen molar-refractivity contribution >= 4 is 11.3 Å². The molecule has 0 radical (unpaired) electrons. The lowest BCUT2D eigenvalue weighted by atomic mass is 10.2. The topological polar surface area (TPSA) is 55.1 Å². The highest BCUT2D eigenvalue weighted by molar-refractivity contribution is 7.15. The van der Waals surface area contributed by atoms with Gasteiger partial charge in [-0.2, -0.15) is 5.26 Å². The van der Waals surface area contributed by atoms with Crippen LogP contribution in [0.5, 0.6) is 11.5 Å². The fourth-order valence-corrected chi connectivity index (χ4v) is 2.85. The molecular weight excluding hydrogens is 260 g/mol. The van der Waals surface area contributed by atoms with Gasteiger partial charge in [0.15, 0.2) is 11.5 Å². The van der Waals surface area contributed by atoms with E-state index in [-0.39, 0.29) is 0 Å². The van der Waals surface area contributed by atoms with Crippen molar-refractivity contribution in [2.24, 2.45) is 0 Å². The fraction of sp³-hybridized carbons (Fsp3) is 0.286. The van der Waals surface area contributed by atoms with E-state index < -0.39 is 0 Å². The number of methoxy groups -OCH3 is 2. The number of para-hydroxylation sites is 1. The summed E-state index contributed by atoms with van der Waals surface area (Å²) in [7, 11) is 3.22. The Kier molecular flexibility index (Phi) is 4.03. The molecule has 4 nitrogen and oxygen atoms in total. The zero-order chi connectivity index (χ0) is 13.8. The van der Waals surface area contributed by atoms with Crippen LogP contribution < -0.4 is 9.47 Å². The first-order valence-electron chi connectivity index (χ1n) is 5.75. The molecule has 1 heterocycles. The molecule has 98 valence electrons. The highest BCUT2D eigenvalue weighted by Gasteiger charge is 2.16. The molecule has 0 amide bonds. The van der Waals surface area contributed by atoms with Gasteiger partial charge >= 0.3 is 0 Å². The second kappa shape index (κ2) is 5.72. The highest BCUT2D eigenvalue weighted by Crippen LogP contribution is 2.40. The van der Waals surface area contributed by atoms with Crippen LogP contribution in [0.1, 0.15) is 10.6 Å². The largest absolute Gasteiger partial charge is 0.493 e. The number of nitriles is 1. The van der Waals surface area contributed by atoms with Gasteiger partial charge in [-0.3, -0.25) is 0 Å². The number of hydrogen-bond donors (Lipinski definition) is 0. The van der Waals surface area contributed by atoms with E-state index >= 15 is 0 Å². The van der Waals surface area contributed by atoms with Crippen LogP contribution in [0.15, 0.2) is 18.2 Å². The van der Waals surface area contributed by atoms with Gasteiger partial charge in [0.1, 0.15) is 5.01 Å². The second-order valence-electron chi connectivity index (χ2n) is 3.90. The fourth-order valence-electron chi connectivity index (χ4n) is 1.83. The normalized spacial score (nSPS) is 10.0. The van der Waals surface area contributed by atoms with Gasteiger partial charge in [-0.25, -0.2) is 4.98 Å². The van der Waals surface area contributed by atoms with Gasteiger partial charge in [0.05, 0.1) is 38.0 Å². The average Bonchev–Trinajstić information content (AvgIpc) is 2.79. The smallest absolute Gasteiger partial charge is 0.170 e. The van der Waals surface area contributed by atoms with E-state index in [2.05, 4.69) is 11.1 Å². The van der Waals surface area contributed by atoms with E-state index in [1.54, 1.807) is 14.2 Å². The van der Waals surface area contributed by atoms with Crippen LogP contribution in [0.25, 0.3) is 10.6 Å². The van der Waals surface area contributed by atoms with Crippen LogP contribution in [-0.4, -0.2) is 19.2 Å². The minimum Gasteiger partial charge on any atom is -0.493 e. The first-order valence-corrected chi connectivity index (χ1v) is 6.57. The SMILES string of the molecule is COc1cccc(-c2nc(C)c(CC#N)s2)c1OC. The van der Waals surface area contributed by atoms with Gasteiger partial charge in [-0.1, -0.05) is 6.07 Å². The number of hydrogen-bond acceptors (Lipinski definition) is 5. The summed E-state index contributed by atoms with van der Waals surface area (Å²) < 4.78 is 10.7. The average molecular weight is 274 g/mol. The number of nitrogens with zero attached hydrogens (tertiary/aromatic N) is 2. The third-order valence-corrected chi connectivity index (χ3v) is 3.96. The van der Waals surface area contributed by atoms with E-state index in [0.29, 0.717) is 17.9 Å². The Bertz CT molecular complexity index is 629. The monoisotopic (exact) mass is 274 g/mol. The Balaban J connectivity index is 2.53. The number of rotatable bonds is 4. The molecular formula is C14H14N2O2S. The molecule has 0 saturated carbocycles. The van der Waals surface area contributed by atoms with Crippen molar-refractivity contribution in [3.63, 3.8) is 0 Å². The van der Waals surface area contributed by atoms with E-state index in [0.717, 1.165) is 21.1 Å². The third-order valence-electron chi connectivity index (χ3n) is 2.77. The third kappa shape index (κ3) is 2.54. The van der Waals surface area contributed by atoms with Crippen molar-refractivity contribution in [3.05, 3.63) is 28.8 Å². The summed E-state index contributed by atoms with van der Waals surface area (Å²) in [5.74, 6) is 1.34. The molecule has 0 aliphatic heterocycles. The summed E-state index contributed by atoms with van der Waals surface area (Å²) in [6.07, 6.45) is 0.385. The lowest BCUT2D eigenvalue weighted by Gasteiger charge is -2.10. The van der Waals surface area contributed by atoms with E-state index in [1.807, 2.05) is 25.1 Å². The molecule has 19 heavy (non-hydrogen) atoms. The molecule has 0 saturated heterocycles. The zero-order valence-corrected chi connectivity index (χ0v) is 11.9. The van der Waals surface area contributed by atoms with Crippen molar-refractivity contribution in [2.45, 2.75) is 13.3 Å². The first kappa shape index (κ1) is 13.4. The van der Waals surface area contributed by atoms with Crippen molar-refractivity contribution in [1.29, 1.82) is 5.26 Å². The summed E-state index contributed by atoms with van der Waals surface area (Å²) >= 11 is 1.52. The number of thiazole rings is 1. The van der Waals surface area contributed by atoms with Crippen LogP contribution in [0.2, 0.25) is 0 Å². The van der Waals surface area contributed by atoms with Gasteiger partial charge in [-0.05, 0) is 19.1 Å². The second-order valence-corrected chi connectivity index (χ2v) is 4.99. The molecule has 2 rings (SSSR count). The van der Waals surface area contributed by atoms with Crippen molar-refractivity contribution < 1.29 is 9.47 Å². The number of benzene rings is 1. The van der Waals surface area contributed by atoms with Gasteiger partial charge in [0.25, 0.3) is 0 Å². The lowest BCUT2D eigenvalue weighted by molar-refractivity contribution is 0.356. The minimum atomic E-state index is 0.385. The maximum absolute atomic E-state index is 8.79. The molecule has 5 heteroatoms. The Morgan fingerprint density at radius 3 is 2.74 bits per heavy atom.